The van der Waals surface area contributed by atoms with Gasteiger partial charge in [0.1, 0.15) is 0 Å². The van der Waals surface area contributed by atoms with Crippen molar-refractivity contribution in [2.24, 2.45) is 5.92 Å². The van der Waals surface area contributed by atoms with Gasteiger partial charge in [-0.1, -0.05) is 79.2 Å². The van der Waals surface area contributed by atoms with E-state index in [0.717, 1.165) is 11.1 Å². The molecule has 0 spiro atoms. The van der Waals surface area contributed by atoms with Crippen molar-refractivity contribution in [3.63, 3.8) is 0 Å². The van der Waals surface area contributed by atoms with Gasteiger partial charge >= 0.3 is 14.0 Å². The molecule has 0 saturated carbocycles. The number of halogens is 1. The third-order valence-electron chi connectivity index (χ3n) is 3.64. The van der Waals surface area contributed by atoms with Crippen molar-refractivity contribution in [1.29, 1.82) is 0 Å². The Kier molecular flexibility index (Phi) is 10.2. The molecular weight excluding hydrogens is 419 g/mol. The molecule has 0 saturated heterocycles. The summed E-state index contributed by atoms with van der Waals surface area (Å²) < 4.78 is 38.9. The Morgan fingerprint density at radius 3 is 1.86 bits per heavy atom. The molecule has 7 nitrogen and oxygen atoms in total. The fourth-order valence-corrected chi connectivity index (χ4v) is 3.49. The third kappa shape index (κ3) is 9.43. The van der Waals surface area contributed by atoms with E-state index in [4.69, 9.17) is 29.9 Å². The number of hydrogen-bond acceptors (Lipinski definition) is 7. The van der Waals surface area contributed by atoms with Gasteiger partial charge in [0.05, 0.1) is 26.4 Å². The molecule has 0 aliphatic heterocycles. The number of phosphoric ester groups is 1. The van der Waals surface area contributed by atoms with Crippen LogP contribution in [0.3, 0.4) is 0 Å². The Balaban J connectivity index is 1.91. The molecule has 0 aliphatic carbocycles. The van der Waals surface area contributed by atoms with Crippen LogP contribution in [-0.4, -0.2) is 25.4 Å². The monoisotopic (exact) mass is 442 g/mol. The van der Waals surface area contributed by atoms with Crippen LogP contribution in [0, 0.1) is 5.92 Å². The van der Waals surface area contributed by atoms with E-state index in [1.807, 2.05) is 60.7 Å². The van der Waals surface area contributed by atoms with Crippen LogP contribution in [0.15, 0.2) is 60.7 Å². The lowest BCUT2D eigenvalue weighted by atomic mass is 10.2. The molecule has 9 heteroatoms. The Bertz CT molecular complexity index is 725. The van der Waals surface area contributed by atoms with Gasteiger partial charge in [-0.05, 0) is 11.1 Å². The lowest BCUT2D eigenvalue weighted by Gasteiger charge is -2.20. The van der Waals surface area contributed by atoms with Gasteiger partial charge in [0.15, 0.2) is 6.07 Å². The molecule has 0 bridgehead atoms. The van der Waals surface area contributed by atoms with Crippen molar-refractivity contribution in [2.75, 3.05) is 19.3 Å². The molecule has 2 rings (SSSR count). The number of rotatable bonds is 12. The second kappa shape index (κ2) is 12.6. The predicted molar refractivity (Wildman–Crippen MR) is 108 cm³/mol. The molecule has 0 radical (unpaired) electrons. The minimum Gasteiger partial charge on any atom is -0.434 e. The second-order valence-electron chi connectivity index (χ2n) is 6.18. The van der Waals surface area contributed by atoms with Gasteiger partial charge in [-0.2, -0.15) is 0 Å². The summed E-state index contributed by atoms with van der Waals surface area (Å²) in [6.45, 7) is 1.90. The van der Waals surface area contributed by atoms with Crippen LogP contribution in [0.5, 0.6) is 0 Å². The van der Waals surface area contributed by atoms with Crippen molar-refractivity contribution in [3.05, 3.63) is 71.8 Å². The molecular formula is C20H24ClO7P. The first-order valence-corrected chi connectivity index (χ1v) is 11.0. The lowest BCUT2D eigenvalue weighted by molar-refractivity contribution is 0.0427. The fourth-order valence-electron chi connectivity index (χ4n) is 2.13. The van der Waals surface area contributed by atoms with Crippen LogP contribution < -0.4 is 0 Å². The first-order chi connectivity index (χ1) is 14.0. The topological polar surface area (TPSA) is 80.3 Å². The van der Waals surface area contributed by atoms with Gasteiger partial charge in [-0.15, -0.1) is 0 Å². The van der Waals surface area contributed by atoms with E-state index >= 15 is 0 Å². The first-order valence-electron chi connectivity index (χ1n) is 8.98. The molecule has 158 valence electrons. The molecule has 0 amide bonds. The minimum atomic E-state index is -3.86. The number of alkyl halides is 1. The fraction of sp³-hybridized carbons (Fsp3) is 0.350. The van der Waals surface area contributed by atoms with E-state index in [-0.39, 0.29) is 38.4 Å². The van der Waals surface area contributed by atoms with Gasteiger partial charge < -0.3 is 9.47 Å². The maximum Gasteiger partial charge on any atom is 0.509 e. The molecule has 0 fully saturated rings. The molecule has 1 atom stereocenters. The van der Waals surface area contributed by atoms with E-state index in [0.29, 0.717) is 0 Å². The van der Waals surface area contributed by atoms with E-state index < -0.39 is 14.0 Å². The predicted octanol–water partition coefficient (Wildman–Crippen LogP) is 5.53. The zero-order valence-electron chi connectivity index (χ0n) is 16.1. The number of phosphoric acid groups is 1. The summed E-state index contributed by atoms with van der Waals surface area (Å²) in [6.07, 6.45) is -0.879. The maximum absolute atomic E-state index is 13.1. The summed E-state index contributed by atoms with van der Waals surface area (Å²) in [6, 6.07) is 18.3. The van der Waals surface area contributed by atoms with Crippen LogP contribution in [0.2, 0.25) is 0 Å². The number of hydrogen-bond donors (Lipinski definition) is 0. The number of carbonyl (C=O) groups is 1. The quantitative estimate of drug-likeness (QED) is 0.243. The average molecular weight is 443 g/mol. The van der Waals surface area contributed by atoms with Crippen LogP contribution in [0.4, 0.5) is 4.79 Å². The molecule has 0 aliphatic rings. The van der Waals surface area contributed by atoms with Gasteiger partial charge in [0, 0.05) is 5.92 Å². The van der Waals surface area contributed by atoms with E-state index in [9.17, 15) is 9.36 Å². The summed E-state index contributed by atoms with van der Waals surface area (Å²) in [5.41, 5.74) is 1.67. The highest BCUT2D eigenvalue weighted by atomic mass is 35.5. The van der Waals surface area contributed by atoms with Crippen molar-refractivity contribution in [1.82, 2.24) is 0 Å². The summed E-state index contributed by atoms with van der Waals surface area (Å²) in [7, 11) is -3.86. The van der Waals surface area contributed by atoms with Gasteiger partial charge in [-0.3, -0.25) is 13.6 Å². The molecule has 0 unspecified atom stereocenters. The number of carbonyl (C=O) groups excluding carboxylic acids is 1. The van der Waals surface area contributed by atoms with Gasteiger partial charge in [0.25, 0.3) is 0 Å². The number of ether oxygens (including phenoxy) is 2. The van der Waals surface area contributed by atoms with E-state index in [1.54, 1.807) is 6.92 Å². The van der Waals surface area contributed by atoms with Crippen LogP contribution >= 0.6 is 19.4 Å². The van der Waals surface area contributed by atoms with Crippen molar-refractivity contribution in [3.8, 4) is 0 Å². The van der Waals surface area contributed by atoms with Crippen LogP contribution in [0.25, 0.3) is 0 Å². The van der Waals surface area contributed by atoms with Gasteiger partial charge in [-0.25, -0.2) is 9.36 Å². The highest BCUT2D eigenvalue weighted by molar-refractivity contribution is 7.48. The molecule has 2 aromatic carbocycles. The Hall–Kier alpha value is -1.89. The third-order valence-corrected chi connectivity index (χ3v) is 5.10. The highest BCUT2D eigenvalue weighted by Gasteiger charge is 2.28. The summed E-state index contributed by atoms with van der Waals surface area (Å²) in [4.78, 5) is 11.2. The molecule has 2 aromatic rings. The summed E-state index contributed by atoms with van der Waals surface area (Å²) >= 11 is 5.29. The molecule has 29 heavy (non-hydrogen) atoms. The molecule has 0 heterocycles. The number of benzene rings is 2. The molecule has 0 aromatic heterocycles. The van der Waals surface area contributed by atoms with Crippen LogP contribution in [-0.2, 0) is 40.8 Å². The Labute approximate surface area is 175 Å². The zero-order chi connectivity index (χ0) is 21.0. The zero-order valence-corrected chi connectivity index (χ0v) is 17.7. The lowest BCUT2D eigenvalue weighted by Crippen LogP contribution is -2.17. The average Bonchev–Trinajstić information content (AvgIpc) is 2.75. The normalized spacial score (nSPS) is 12.3. The first kappa shape index (κ1) is 23.4. The smallest absolute Gasteiger partial charge is 0.434 e. The van der Waals surface area contributed by atoms with Crippen molar-refractivity contribution in [2.45, 2.75) is 20.1 Å². The van der Waals surface area contributed by atoms with Crippen molar-refractivity contribution >= 4 is 25.6 Å². The standard InChI is InChI=1S/C20H24ClO7P/c1-17(12-24-20(22)25-16-21)13-26-29(23,27-14-18-8-4-2-5-9-18)28-15-19-10-6-3-7-11-19/h2-11,17H,12-16H2,1H3/t17-/m1/s1. The van der Waals surface area contributed by atoms with Gasteiger partial charge in [0.2, 0.25) is 0 Å². The minimum absolute atomic E-state index is 0.00495. The Morgan fingerprint density at radius 1 is 0.862 bits per heavy atom. The Morgan fingerprint density at radius 2 is 1.38 bits per heavy atom. The highest BCUT2D eigenvalue weighted by Crippen LogP contribution is 2.51. The largest absolute Gasteiger partial charge is 0.509 e. The maximum atomic E-state index is 13.1. The summed E-state index contributed by atoms with van der Waals surface area (Å²) in [5, 5.41) is 0. The SMILES string of the molecule is C[C@H](COC(=O)OCCl)COP(=O)(OCc1ccccc1)OCc1ccccc1. The van der Waals surface area contributed by atoms with E-state index in [2.05, 4.69) is 4.74 Å². The molecule has 0 N–H and O–H groups in total. The summed E-state index contributed by atoms with van der Waals surface area (Å²) in [5.74, 6) is -0.271. The van der Waals surface area contributed by atoms with Crippen LogP contribution in [0.1, 0.15) is 18.1 Å². The van der Waals surface area contributed by atoms with Crippen molar-refractivity contribution < 1.29 is 32.4 Å². The second-order valence-corrected chi connectivity index (χ2v) is 8.07. The van der Waals surface area contributed by atoms with E-state index in [1.165, 1.54) is 0 Å².